The van der Waals surface area contributed by atoms with Crippen LogP contribution < -0.4 is 15.0 Å². The molecule has 0 atom stereocenters. The Balaban J connectivity index is 1.32. The highest BCUT2D eigenvalue weighted by atomic mass is 16.5. The molecule has 0 aromatic heterocycles. The monoisotopic (exact) mass is 429 g/mol. The van der Waals surface area contributed by atoms with E-state index in [-0.39, 0.29) is 5.91 Å². The molecule has 3 aromatic carbocycles. The fourth-order valence-electron chi connectivity index (χ4n) is 4.15. The van der Waals surface area contributed by atoms with Gasteiger partial charge in [-0.05, 0) is 42.7 Å². The standard InChI is InChI=1S/C27H31N3O2/c1-2-32-26-15-9-8-14-25(26)30-18-16-29(17-19-30)21-27(31)28-24-13-7-6-12-23(24)20-22-10-4-3-5-11-22/h3-15H,2,16-21H2,1H3,(H,28,31). The summed E-state index contributed by atoms with van der Waals surface area (Å²) in [7, 11) is 0. The molecule has 0 radical (unpaired) electrons. The van der Waals surface area contributed by atoms with Crippen molar-refractivity contribution < 1.29 is 9.53 Å². The zero-order chi connectivity index (χ0) is 22.2. The summed E-state index contributed by atoms with van der Waals surface area (Å²) in [4.78, 5) is 17.3. The lowest BCUT2D eigenvalue weighted by atomic mass is 10.0. The Morgan fingerprint density at radius 2 is 1.56 bits per heavy atom. The molecule has 0 saturated carbocycles. The van der Waals surface area contributed by atoms with Crippen LogP contribution in [0.25, 0.3) is 0 Å². The number of carbonyl (C=O) groups is 1. The first-order valence-electron chi connectivity index (χ1n) is 11.3. The topological polar surface area (TPSA) is 44.8 Å². The van der Waals surface area contributed by atoms with E-state index >= 15 is 0 Å². The quantitative estimate of drug-likeness (QED) is 0.575. The smallest absolute Gasteiger partial charge is 0.238 e. The number of hydrogen-bond acceptors (Lipinski definition) is 4. The van der Waals surface area contributed by atoms with E-state index in [2.05, 4.69) is 39.4 Å². The number of hydrogen-bond donors (Lipinski definition) is 1. The number of nitrogens with zero attached hydrogens (tertiary/aromatic N) is 2. The fraction of sp³-hybridized carbons (Fsp3) is 0.296. The number of benzene rings is 3. The average molecular weight is 430 g/mol. The Labute approximate surface area is 190 Å². The van der Waals surface area contributed by atoms with Crippen LogP contribution in [0.3, 0.4) is 0 Å². The Morgan fingerprint density at radius 3 is 2.34 bits per heavy atom. The van der Waals surface area contributed by atoms with Crippen LogP contribution in [0.1, 0.15) is 18.1 Å². The summed E-state index contributed by atoms with van der Waals surface area (Å²) in [6.45, 7) is 6.51. The van der Waals surface area contributed by atoms with Crippen LogP contribution in [0.15, 0.2) is 78.9 Å². The number of para-hydroxylation sites is 3. The normalized spacial score (nSPS) is 14.2. The lowest BCUT2D eigenvalue weighted by Gasteiger charge is -2.36. The van der Waals surface area contributed by atoms with Crippen molar-refractivity contribution in [3.05, 3.63) is 90.0 Å². The number of piperazine rings is 1. The minimum Gasteiger partial charge on any atom is -0.492 e. The zero-order valence-corrected chi connectivity index (χ0v) is 18.7. The van der Waals surface area contributed by atoms with E-state index in [1.165, 1.54) is 5.56 Å². The predicted molar refractivity (Wildman–Crippen MR) is 131 cm³/mol. The van der Waals surface area contributed by atoms with Crippen LogP contribution in [-0.2, 0) is 11.2 Å². The van der Waals surface area contributed by atoms with Gasteiger partial charge in [0.25, 0.3) is 0 Å². The van der Waals surface area contributed by atoms with Crippen LogP contribution in [0.2, 0.25) is 0 Å². The summed E-state index contributed by atoms with van der Waals surface area (Å²) in [5, 5.41) is 3.13. The Bertz CT molecular complexity index is 1010. The van der Waals surface area contributed by atoms with E-state index in [4.69, 9.17) is 4.74 Å². The molecular formula is C27H31N3O2. The minimum absolute atomic E-state index is 0.0358. The molecule has 32 heavy (non-hydrogen) atoms. The maximum atomic E-state index is 12.8. The molecular weight excluding hydrogens is 398 g/mol. The van der Waals surface area contributed by atoms with Crippen molar-refractivity contribution >= 4 is 17.3 Å². The highest BCUT2D eigenvalue weighted by Gasteiger charge is 2.21. The molecule has 1 fully saturated rings. The van der Waals surface area contributed by atoms with Gasteiger partial charge >= 0.3 is 0 Å². The molecule has 1 saturated heterocycles. The summed E-state index contributed by atoms with van der Waals surface area (Å²) in [5.41, 5.74) is 4.39. The molecule has 4 rings (SSSR count). The molecule has 1 N–H and O–H groups in total. The molecule has 1 aliphatic heterocycles. The SMILES string of the molecule is CCOc1ccccc1N1CCN(CC(=O)Nc2ccccc2Cc2ccccc2)CC1. The largest absolute Gasteiger partial charge is 0.492 e. The zero-order valence-electron chi connectivity index (χ0n) is 18.7. The van der Waals surface area contributed by atoms with Gasteiger partial charge in [0.2, 0.25) is 5.91 Å². The highest BCUT2D eigenvalue weighted by molar-refractivity contribution is 5.93. The van der Waals surface area contributed by atoms with Gasteiger partial charge in [-0.25, -0.2) is 0 Å². The first kappa shape index (κ1) is 21.9. The second-order valence-corrected chi connectivity index (χ2v) is 8.03. The molecule has 1 aliphatic rings. The van der Waals surface area contributed by atoms with Gasteiger partial charge < -0.3 is 15.0 Å². The van der Waals surface area contributed by atoms with Crippen LogP contribution >= 0.6 is 0 Å². The van der Waals surface area contributed by atoms with Crippen LogP contribution in [0.4, 0.5) is 11.4 Å². The van der Waals surface area contributed by atoms with E-state index in [0.717, 1.165) is 55.3 Å². The Hall–Kier alpha value is -3.31. The molecule has 1 heterocycles. The first-order valence-corrected chi connectivity index (χ1v) is 11.3. The summed E-state index contributed by atoms with van der Waals surface area (Å²) in [6.07, 6.45) is 0.801. The van der Waals surface area contributed by atoms with E-state index in [1.54, 1.807) is 0 Å². The van der Waals surface area contributed by atoms with Gasteiger partial charge in [0.15, 0.2) is 0 Å². The van der Waals surface area contributed by atoms with Crippen LogP contribution in [0.5, 0.6) is 5.75 Å². The van der Waals surface area contributed by atoms with E-state index in [9.17, 15) is 4.79 Å². The molecule has 0 unspecified atom stereocenters. The number of anilines is 2. The van der Waals surface area contributed by atoms with Crippen LogP contribution in [-0.4, -0.2) is 50.1 Å². The van der Waals surface area contributed by atoms with Gasteiger partial charge in [0.1, 0.15) is 5.75 Å². The van der Waals surface area contributed by atoms with Crippen LogP contribution in [0, 0.1) is 0 Å². The third kappa shape index (κ3) is 5.68. The maximum Gasteiger partial charge on any atom is 0.238 e. The third-order valence-corrected chi connectivity index (χ3v) is 5.77. The molecule has 3 aromatic rings. The second-order valence-electron chi connectivity index (χ2n) is 8.03. The minimum atomic E-state index is 0.0358. The first-order chi connectivity index (χ1) is 15.7. The average Bonchev–Trinajstić information content (AvgIpc) is 2.82. The van der Waals surface area contributed by atoms with Crippen molar-refractivity contribution in [2.24, 2.45) is 0 Å². The van der Waals surface area contributed by atoms with Crippen molar-refractivity contribution in [2.45, 2.75) is 13.3 Å². The van der Waals surface area contributed by atoms with Gasteiger partial charge in [-0.3, -0.25) is 9.69 Å². The molecule has 5 nitrogen and oxygen atoms in total. The number of nitrogens with one attached hydrogen (secondary N) is 1. The number of rotatable bonds is 8. The molecule has 1 amide bonds. The van der Waals surface area contributed by atoms with Gasteiger partial charge in [-0.1, -0.05) is 60.7 Å². The Morgan fingerprint density at radius 1 is 0.875 bits per heavy atom. The summed E-state index contributed by atoms with van der Waals surface area (Å²) < 4.78 is 5.78. The lowest BCUT2D eigenvalue weighted by Crippen LogP contribution is -2.48. The summed E-state index contributed by atoms with van der Waals surface area (Å²) in [5.74, 6) is 0.963. The number of ether oxygens (including phenoxy) is 1. The molecule has 0 bridgehead atoms. The fourth-order valence-corrected chi connectivity index (χ4v) is 4.15. The van der Waals surface area contributed by atoms with E-state index in [0.29, 0.717) is 13.2 Å². The van der Waals surface area contributed by atoms with Gasteiger partial charge in [0, 0.05) is 31.9 Å². The van der Waals surface area contributed by atoms with Crippen molar-refractivity contribution in [2.75, 3.05) is 49.5 Å². The predicted octanol–water partition coefficient (Wildman–Crippen LogP) is 4.44. The lowest BCUT2D eigenvalue weighted by molar-refractivity contribution is -0.117. The van der Waals surface area contributed by atoms with Gasteiger partial charge in [-0.15, -0.1) is 0 Å². The van der Waals surface area contributed by atoms with Crippen molar-refractivity contribution in [3.8, 4) is 5.75 Å². The van der Waals surface area contributed by atoms with Crippen molar-refractivity contribution in [1.29, 1.82) is 0 Å². The van der Waals surface area contributed by atoms with Gasteiger partial charge in [-0.2, -0.15) is 0 Å². The van der Waals surface area contributed by atoms with E-state index in [1.807, 2.05) is 61.5 Å². The summed E-state index contributed by atoms with van der Waals surface area (Å²) in [6, 6.07) is 26.6. The molecule has 0 aliphatic carbocycles. The molecule has 0 spiro atoms. The molecule has 5 heteroatoms. The molecule has 166 valence electrons. The van der Waals surface area contributed by atoms with Gasteiger partial charge in [0.05, 0.1) is 18.8 Å². The highest BCUT2D eigenvalue weighted by Crippen LogP contribution is 2.28. The van der Waals surface area contributed by atoms with Crippen molar-refractivity contribution in [1.82, 2.24) is 4.90 Å². The van der Waals surface area contributed by atoms with E-state index < -0.39 is 0 Å². The summed E-state index contributed by atoms with van der Waals surface area (Å²) >= 11 is 0. The number of carbonyl (C=O) groups excluding carboxylic acids is 1. The Kier molecular flexibility index (Phi) is 7.41. The second kappa shape index (κ2) is 10.8. The number of amides is 1. The van der Waals surface area contributed by atoms with Crippen molar-refractivity contribution in [3.63, 3.8) is 0 Å². The third-order valence-electron chi connectivity index (χ3n) is 5.77. The maximum absolute atomic E-state index is 12.8.